The Kier molecular flexibility index (Phi) is 6.85. The van der Waals surface area contributed by atoms with E-state index >= 15 is 0 Å². The third kappa shape index (κ3) is 5.82. The summed E-state index contributed by atoms with van der Waals surface area (Å²) in [5.41, 5.74) is 1.32. The van der Waals surface area contributed by atoms with Gasteiger partial charge in [0.25, 0.3) is 0 Å². The van der Waals surface area contributed by atoms with E-state index in [4.69, 9.17) is 11.6 Å². The molecule has 0 radical (unpaired) electrons. The molecular weight excluding hydrogens is 268 g/mol. The van der Waals surface area contributed by atoms with Crippen molar-refractivity contribution in [3.63, 3.8) is 0 Å². The molecule has 0 amide bonds. The minimum Gasteiger partial charge on any atom is -0.315 e. The van der Waals surface area contributed by atoms with E-state index in [0.717, 1.165) is 30.6 Å². The van der Waals surface area contributed by atoms with E-state index < -0.39 is 0 Å². The fourth-order valence-electron chi connectivity index (χ4n) is 2.95. The maximum atomic E-state index is 5.90. The average Bonchev–Trinajstić information content (AvgIpc) is 2.47. The molecule has 1 N–H and O–H groups in total. The standard InChI is InChI=1S/C17H27ClN2/c1-20(14-16-7-9-17(18)10-8-16)12-11-19-13-15-5-3-2-4-6-15/h7-10,15,19H,2-6,11-14H2,1H3. The first-order chi connectivity index (χ1) is 9.74. The van der Waals surface area contributed by atoms with Gasteiger partial charge in [0, 0.05) is 24.7 Å². The van der Waals surface area contributed by atoms with Crippen molar-refractivity contribution >= 4 is 11.6 Å². The van der Waals surface area contributed by atoms with Crippen LogP contribution in [0, 0.1) is 5.92 Å². The highest BCUT2D eigenvalue weighted by Crippen LogP contribution is 2.22. The highest BCUT2D eigenvalue weighted by Gasteiger charge is 2.12. The molecule has 0 saturated heterocycles. The minimum absolute atomic E-state index is 0.811. The lowest BCUT2D eigenvalue weighted by Crippen LogP contribution is -2.32. The van der Waals surface area contributed by atoms with Crippen molar-refractivity contribution in [1.82, 2.24) is 10.2 Å². The number of rotatable bonds is 7. The van der Waals surface area contributed by atoms with E-state index in [1.807, 2.05) is 12.1 Å². The predicted octanol–water partition coefficient (Wildman–Crippen LogP) is 3.94. The number of nitrogens with one attached hydrogen (secondary N) is 1. The van der Waals surface area contributed by atoms with Crippen LogP contribution in [0.2, 0.25) is 5.02 Å². The Hall–Kier alpha value is -0.570. The second-order valence-electron chi connectivity index (χ2n) is 6.07. The first-order valence-electron chi connectivity index (χ1n) is 7.88. The summed E-state index contributed by atoms with van der Waals surface area (Å²) in [4.78, 5) is 2.36. The van der Waals surface area contributed by atoms with E-state index in [9.17, 15) is 0 Å². The molecule has 1 aromatic carbocycles. The summed E-state index contributed by atoms with van der Waals surface area (Å²) in [5.74, 6) is 0.922. The summed E-state index contributed by atoms with van der Waals surface area (Å²) >= 11 is 5.90. The van der Waals surface area contributed by atoms with Gasteiger partial charge in [-0.15, -0.1) is 0 Å². The largest absolute Gasteiger partial charge is 0.315 e. The van der Waals surface area contributed by atoms with Crippen LogP contribution in [0.25, 0.3) is 0 Å². The first kappa shape index (κ1) is 15.8. The van der Waals surface area contributed by atoms with Crippen molar-refractivity contribution in [2.45, 2.75) is 38.6 Å². The Morgan fingerprint density at radius 3 is 2.55 bits per heavy atom. The monoisotopic (exact) mass is 294 g/mol. The molecule has 20 heavy (non-hydrogen) atoms. The minimum atomic E-state index is 0.811. The summed E-state index contributed by atoms with van der Waals surface area (Å²) in [6, 6.07) is 8.14. The normalized spacial score (nSPS) is 16.8. The van der Waals surface area contributed by atoms with E-state index in [2.05, 4.69) is 29.4 Å². The zero-order valence-corrected chi connectivity index (χ0v) is 13.3. The van der Waals surface area contributed by atoms with Crippen LogP contribution in [-0.2, 0) is 6.54 Å². The Balaban J connectivity index is 1.57. The molecule has 3 heteroatoms. The van der Waals surface area contributed by atoms with E-state index in [-0.39, 0.29) is 0 Å². The summed E-state index contributed by atoms with van der Waals surface area (Å²) in [7, 11) is 2.18. The fraction of sp³-hybridized carbons (Fsp3) is 0.647. The van der Waals surface area contributed by atoms with Crippen LogP contribution in [0.5, 0.6) is 0 Å². The lowest BCUT2D eigenvalue weighted by Gasteiger charge is -2.23. The summed E-state index contributed by atoms with van der Waals surface area (Å²) in [6.45, 7) is 4.37. The lowest BCUT2D eigenvalue weighted by atomic mass is 9.89. The van der Waals surface area contributed by atoms with Crippen LogP contribution in [0.1, 0.15) is 37.7 Å². The van der Waals surface area contributed by atoms with Gasteiger partial charge in [-0.1, -0.05) is 43.0 Å². The fourth-order valence-corrected chi connectivity index (χ4v) is 3.07. The molecule has 1 aromatic rings. The molecule has 0 aliphatic heterocycles. The van der Waals surface area contributed by atoms with Gasteiger partial charge in [0.1, 0.15) is 0 Å². The third-order valence-corrected chi connectivity index (χ3v) is 4.45. The third-order valence-electron chi connectivity index (χ3n) is 4.19. The van der Waals surface area contributed by atoms with Gasteiger partial charge in [-0.3, -0.25) is 0 Å². The summed E-state index contributed by atoms with van der Waals surface area (Å²) in [6.07, 6.45) is 7.16. The molecule has 0 aromatic heterocycles. The molecule has 0 spiro atoms. The number of hydrogen-bond acceptors (Lipinski definition) is 2. The van der Waals surface area contributed by atoms with Gasteiger partial charge in [-0.25, -0.2) is 0 Å². The molecule has 1 saturated carbocycles. The van der Waals surface area contributed by atoms with Crippen molar-refractivity contribution in [2.24, 2.45) is 5.92 Å². The zero-order valence-electron chi connectivity index (χ0n) is 12.6. The van der Waals surface area contributed by atoms with E-state index in [1.54, 1.807) is 0 Å². The molecule has 1 fully saturated rings. The quantitative estimate of drug-likeness (QED) is 0.766. The van der Waals surface area contributed by atoms with Crippen LogP contribution in [-0.4, -0.2) is 31.6 Å². The highest BCUT2D eigenvalue weighted by molar-refractivity contribution is 6.30. The summed E-state index contributed by atoms with van der Waals surface area (Å²) in [5, 5.41) is 4.43. The number of halogens is 1. The highest BCUT2D eigenvalue weighted by atomic mass is 35.5. The maximum Gasteiger partial charge on any atom is 0.0406 e. The van der Waals surface area contributed by atoms with Crippen molar-refractivity contribution in [3.8, 4) is 0 Å². The Bertz CT molecular complexity index is 371. The van der Waals surface area contributed by atoms with Crippen LogP contribution in [0.15, 0.2) is 24.3 Å². The Morgan fingerprint density at radius 2 is 1.85 bits per heavy atom. The smallest absolute Gasteiger partial charge is 0.0406 e. The molecule has 0 bridgehead atoms. The summed E-state index contributed by atoms with van der Waals surface area (Å²) < 4.78 is 0. The second-order valence-corrected chi connectivity index (χ2v) is 6.51. The Labute approximate surface area is 128 Å². The molecule has 112 valence electrons. The molecule has 1 aliphatic rings. The maximum absolute atomic E-state index is 5.90. The zero-order chi connectivity index (χ0) is 14.2. The van der Waals surface area contributed by atoms with Gasteiger partial charge in [-0.2, -0.15) is 0 Å². The van der Waals surface area contributed by atoms with Gasteiger partial charge in [-0.05, 0) is 50.0 Å². The van der Waals surface area contributed by atoms with E-state index in [1.165, 1.54) is 44.2 Å². The molecule has 0 unspecified atom stereocenters. The van der Waals surface area contributed by atoms with Gasteiger partial charge in [0.05, 0.1) is 0 Å². The van der Waals surface area contributed by atoms with Crippen molar-refractivity contribution in [2.75, 3.05) is 26.7 Å². The number of likely N-dealkylation sites (N-methyl/N-ethyl adjacent to an activating group) is 1. The number of benzene rings is 1. The van der Waals surface area contributed by atoms with Crippen LogP contribution < -0.4 is 5.32 Å². The van der Waals surface area contributed by atoms with Gasteiger partial charge in [0.2, 0.25) is 0 Å². The average molecular weight is 295 g/mol. The number of nitrogens with zero attached hydrogens (tertiary/aromatic N) is 1. The Morgan fingerprint density at radius 1 is 1.15 bits per heavy atom. The van der Waals surface area contributed by atoms with Crippen LogP contribution in [0.3, 0.4) is 0 Å². The second kappa shape index (κ2) is 8.66. The lowest BCUT2D eigenvalue weighted by molar-refractivity contribution is 0.304. The molecule has 2 nitrogen and oxygen atoms in total. The van der Waals surface area contributed by atoms with Gasteiger partial charge >= 0.3 is 0 Å². The van der Waals surface area contributed by atoms with Crippen molar-refractivity contribution in [3.05, 3.63) is 34.9 Å². The topological polar surface area (TPSA) is 15.3 Å². The van der Waals surface area contributed by atoms with Crippen LogP contribution in [0.4, 0.5) is 0 Å². The van der Waals surface area contributed by atoms with Gasteiger partial charge in [0.15, 0.2) is 0 Å². The van der Waals surface area contributed by atoms with Gasteiger partial charge < -0.3 is 10.2 Å². The molecule has 1 aliphatic carbocycles. The predicted molar refractivity (Wildman–Crippen MR) is 87.2 cm³/mol. The molecular formula is C17H27ClN2. The molecule has 0 heterocycles. The SMILES string of the molecule is CN(CCNCC1CCCCC1)Cc1ccc(Cl)cc1. The molecule has 0 atom stereocenters. The number of hydrogen-bond donors (Lipinski definition) is 1. The van der Waals surface area contributed by atoms with Crippen LogP contribution >= 0.6 is 11.6 Å². The van der Waals surface area contributed by atoms with Crippen molar-refractivity contribution < 1.29 is 0 Å². The van der Waals surface area contributed by atoms with E-state index in [0.29, 0.717) is 0 Å². The first-order valence-corrected chi connectivity index (χ1v) is 8.25. The van der Waals surface area contributed by atoms with Crippen molar-refractivity contribution in [1.29, 1.82) is 0 Å². The molecule has 2 rings (SSSR count).